The number of aliphatic hydroxyl groups is 2. The molecule has 1 aromatic heterocycles. The van der Waals surface area contributed by atoms with Gasteiger partial charge < -0.3 is 34.7 Å². The van der Waals surface area contributed by atoms with Crippen molar-refractivity contribution < 1.29 is 29.2 Å². The van der Waals surface area contributed by atoms with E-state index in [9.17, 15) is 15.0 Å². The molecule has 2 atom stereocenters. The van der Waals surface area contributed by atoms with Gasteiger partial charge in [0.1, 0.15) is 17.9 Å². The third-order valence-electron chi connectivity index (χ3n) is 6.61. The number of aromatic nitrogens is 2. The third-order valence-corrected chi connectivity index (χ3v) is 6.61. The van der Waals surface area contributed by atoms with Crippen molar-refractivity contribution >= 4 is 5.91 Å². The Morgan fingerprint density at radius 2 is 2.11 bits per heavy atom. The predicted molar refractivity (Wildman–Crippen MR) is 128 cm³/mol. The van der Waals surface area contributed by atoms with Crippen LogP contribution in [-0.4, -0.2) is 114 Å². The molecular weight excluding hydrogens is 454 g/mol. The van der Waals surface area contributed by atoms with Gasteiger partial charge in [-0.2, -0.15) is 0 Å². The highest BCUT2D eigenvalue weighted by molar-refractivity contribution is 5.91. The molecule has 3 heterocycles. The molecule has 4 rings (SSSR count). The van der Waals surface area contributed by atoms with Gasteiger partial charge in [0.25, 0.3) is 5.91 Å². The molecule has 192 valence electrons. The van der Waals surface area contributed by atoms with E-state index in [4.69, 9.17) is 14.2 Å². The largest absolute Gasteiger partial charge is 0.493 e. The number of β-amino-alcohol motifs (C(OH)–C–C–N with tert-alkyl or cyclic N) is 1. The van der Waals surface area contributed by atoms with Gasteiger partial charge in [0.05, 0.1) is 39.0 Å². The minimum absolute atomic E-state index is 0.0375. The molecule has 11 heteroatoms. The number of benzene rings is 1. The Kier molecular flexibility index (Phi) is 8.58. The van der Waals surface area contributed by atoms with Crippen molar-refractivity contribution in [2.75, 3.05) is 66.2 Å². The fourth-order valence-corrected chi connectivity index (χ4v) is 4.38. The normalized spacial score (nSPS) is 23.7. The number of hydrogen-bond donors (Lipinski definition) is 4. The molecule has 0 saturated carbocycles. The van der Waals surface area contributed by atoms with Gasteiger partial charge in [-0.25, -0.2) is 4.98 Å². The molecule has 0 unspecified atom stereocenters. The molecule has 1 amide bonds. The summed E-state index contributed by atoms with van der Waals surface area (Å²) in [6.07, 6.45) is 2.16. The first-order valence-electron chi connectivity index (χ1n) is 12.0. The second kappa shape index (κ2) is 11.8. The summed E-state index contributed by atoms with van der Waals surface area (Å²) in [5.41, 5.74) is -0.0576. The van der Waals surface area contributed by atoms with Crippen LogP contribution in [0.25, 0.3) is 0 Å². The minimum Gasteiger partial charge on any atom is -0.493 e. The van der Waals surface area contributed by atoms with Gasteiger partial charge in [0, 0.05) is 45.8 Å². The zero-order valence-corrected chi connectivity index (χ0v) is 20.1. The summed E-state index contributed by atoms with van der Waals surface area (Å²) < 4.78 is 16.9. The van der Waals surface area contributed by atoms with Crippen molar-refractivity contribution in [3.8, 4) is 11.5 Å². The lowest BCUT2D eigenvalue weighted by Gasteiger charge is -2.42. The van der Waals surface area contributed by atoms with Crippen LogP contribution in [0.15, 0.2) is 30.7 Å². The highest BCUT2D eigenvalue weighted by atomic mass is 16.5. The van der Waals surface area contributed by atoms with Crippen molar-refractivity contribution in [3.05, 3.63) is 42.0 Å². The molecular formula is C24H35N5O6. The topological polar surface area (TPSA) is 132 Å². The molecule has 11 nitrogen and oxygen atoms in total. The van der Waals surface area contributed by atoms with E-state index in [1.54, 1.807) is 7.11 Å². The summed E-state index contributed by atoms with van der Waals surface area (Å²) in [7, 11) is 1.62. The van der Waals surface area contributed by atoms with Gasteiger partial charge in [-0.05, 0) is 24.1 Å². The number of likely N-dealkylation sites (tertiary alicyclic amines) is 1. The first-order valence-corrected chi connectivity index (χ1v) is 12.0. The Balaban J connectivity index is 1.26. The van der Waals surface area contributed by atoms with Crippen molar-refractivity contribution in [3.63, 3.8) is 0 Å². The van der Waals surface area contributed by atoms with Gasteiger partial charge in [0.15, 0.2) is 11.5 Å². The van der Waals surface area contributed by atoms with Crippen molar-refractivity contribution in [1.29, 1.82) is 0 Å². The van der Waals surface area contributed by atoms with Crippen LogP contribution in [0.2, 0.25) is 0 Å². The molecule has 4 N–H and O–H groups in total. The van der Waals surface area contributed by atoms with Crippen LogP contribution < -0.4 is 14.8 Å². The number of nitrogens with zero attached hydrogens (tertiary/aromatic N) is 3. The van der Waals surface area contributed by atoms with E-state index >= 15 is 0 Å². The molecule has 2 fully saturated rings. The fraction of sp³-hybridized carbons (Fsp3) is 0.583. The summed E-state index contributed by atoms with van der Waals surface area (Å²) in [5, 5.41) is 24.2. The molecule has 0 aliphatic carbocycles. The van der Waals surface area contributed by atoms with Crippen LogP contribution in [0.1, 0.15) is 22.5 Å². The van der Waals surface area contributed by atoms with E-state index in [2.05, 4.69) is 25.1 Å². The number of piperidine rings is 1. The number of carbonyl (C=O) groups excluding carboxylic acids is 1. The molecule has 2 saturated heterocycles. The van der Waals surface area contributed by atoms with Crippen LogP contribution in [0, 0.1) is 0 Å². The van der Waals surface area contributed by atoms with E-state index in [-0.39, 0.29) is 19.0 Å². The number of methoxy groups -OCH3 is 1. The second-order valence-electron chi connectivity index (χ2n) is 9.04. The second-order valence-corrected chi connectivity index (χ2v) is 9.04. The number of morpholine rings is 1. The number of carbonyl (C=O) groups is 1. The van der Waals surface area contributed by atoms with E-state index in [0.717, 1.165) is 38.4 Å². The summed E-state index contributed by atoms with van der Waals surface area (Å²) in [6.45, 7) is 6.21. The summed E-state index contributed by atoms with van der Waals surface area (Å²) >= 11 is 0. The summed E-state index contributed by atoms with van der Waals surface area (Å²) in [5.74, 6) is 0.996. The number of ether oxygens (including phenoxy) is 3. The standard InChI is InChI=1S/C24H35N5O6/c1-33-21-12-18(2-3-20(21)35-11-8-28-6-9-34-10-7-28)14-29-5-4-24(32,22(30)15-29)16-26-23(31)19-13-25-17-27-19/h2-3,12-13,17,22,30,32H,4-11,14-16H2,1H3,(H,25,27)(H,26,31)/t22-,24-/m1/s1. The summed E-state index contributed by atoms with van der Waals surface area (Å²) in [6, 6.07) is 5.85. The molecule has 2 aromatic rings. The lowest BCUT2D eigenvalue weighted by atomic mass is 9.88. The minimum atomic E-state index is -1.39. The number of amides is 1. The number of rotatable bonds is 10. The Hall–Kier alpha value is -2.70. The SMILES string of the molecule is COc1cc(CN2CC[C@@](O)(CNC(=O)c3cnc[nH]3)[C@H](O)C2)ccc1OCCN1CCOCC1. The monoisotopic (exact) mass is 489 g/mol. The third kappa shape index (κ3) is 6.71. The van der Waals surface area contributed by atoms with Crippen molar-refractivity contribution in [2.24, 2.45) is 0 Å². The van der Waals surface area contributed by atoms with Gasteiger partial charge in [0.2, 0.25) is 0 Å². The molecule has 1 aromatic carbocycles. The zero-order chi connectivity index (χ0) is 24.7. The maximum absolute atomic E-state index is 12.1. The quantitative estimate of drug-likeness (QED) is 0.360. The number of H-pyrrole nitrogens is 1. The van der Waals surface area contributed by atoms with Crippen LogP contribution in [-0.2, 0) is 11.3 Å². The Morgan fingerprint density at radius 1 is 1.29 bits per heavy atom. The highest BCUT2D eigenvalue weighted by Gasteiger charge is 2.40. The number of aromatic amines is 1. The first-order chi connectivity index (χ1) is 17.0. The first kappa shape index (κ1) is 25.4. The average molecular weight is 490 g/mol. The van der Waals surface area contributed by atoms with E-state index < -0.39 is 11.7 Å². The molecule has 35 heavy (non-hydrogen) atoms. The molecule has 0 spiro atoms. The van der Waals surface area contributed by atoms with Crippen molar-refractivity contribution in [1.82, 2.24) is 25.1 Å². The number of imidazole rings is 1. The van der Waals surface area contributed by atoms with E-state index in [1.807, 2.05) is 18.2 Å². The molecule has 0 bridgehead atoms. The maximum atomic E-state index is 12.1. The van der Waals surface area contributed by atoms with Gasteiger partial charge in [-0.1, -0.05) is 6.07 Å². The van der Waals surface area contributed by atoms with Gasteiger partial charge in [-0.15, -0.1) is 0 Å². The van der Waals surface area contributed by atoms with Crippen LogP contribution >= 0.6 is 0 Å². The van der Waals surface area contributed by atoms with Crippen LogP contribution in [0.4, 0.5) is 0 Å². The Morgan fingerprint density at radius 3 is 2.83 bits per heavy atom. The van der Waals surface area contributed by atoms with E-state index in [1.165, 1.54) is 12.5 Å². The highest BCUT2D eigenvalue weighted by Crippen LogP contribution is 2.30. The van der Waals surface area contributed by atoms with Gasteiger partial charge in [-0.3, -0.25) is 14.6 Å². The number of hydrogen-bond acceptors (Lipinski definition) is 9. The number of nitrogens with one attached hydrogen (secondary N) is 2. The van der Waals surface area contributed by atoms with Gasteiger partial charge >= 0.3 is 0 Å². The predicted octanol–water partition coefficient (Wildman–Crippen LogP) is -0.143. The van der Waals surface area contributed by atoms with Crippen LogP contribution in [0.3, 0.4) is 0 Å². The maximum Gasteiger partial charge on any atom is 0.269 e. The Labute approximate surface area is 205 Å². The fourth-order valence-electron chi connectivity index (χ4n) is 4.38. The smallest absolute Gasteiger partial charge is 0.269 e. The molecule has 2 aliphatic rings. The van der Waals surface area contributed by atoms with Crippen LogP contribution in [0.5, 0.6) is 11.5 Å². The molecule has 0 radical (unpaired) electrons. The van der Waals surface area contributed by atoms with Crippen molar-refractivity contribution in [2.45, 2.75) is 24.7 Å². The summed E-state index contributed by atoms with van der Waals surface area (Å²) in [4.78, 5) is 23.0. The lowest BCUT2D eigenvalue weighted by Crippen LogP contribution is -2.60. The number of aliphatic hydroxyl groups excluding tert-OH is 1. The molecule has 2 aliphatic heterocycles. The average Bonchev–Trinajstić information content (AvgIpc) is 3.42. The lowest BCUT2D eigenvalue weighted by molar-refractivity contribution is -0.116. The zero-order valence-electron chi connectivity index (χ0n) is 20.1. The van der Waals surface area contributed by atoms with E-state index in [0.29, 0.717) is 43.3 Å². The Bertz CT molecular complexity index is 952.